The van der Waals surface area contributed by atoms with E-state index in [4.69, 9.17) is 14.7 Å². The molecule has 0 radical (unpaired) electrons. The Bertz CT molecular complexity index is 436. The van der Waals surface area contributed by atoms with Gasteiger partial charge in [-0.3, -0.25) is 4.79 Å². The van der Waals surface area contributed by atoms with Crippen LogP contribution in [0.3, 0.4) is 0 Å². The summed E-state index contributed by atoms with van der Waals surface area (Å²) < 4.78 is 5.65. The molecule has 19 heavy (non-hydrogen) atoms. The molecule has 3 atom stereocenters. The first-order valence-electron chi connectivity index (χ1n) is 6.55. The lowest BCUT2D eigenvalue weighted by atomic mass is 10.1. The molecule has 1 aliphatic carbocycles. The summed E-state index contributed by atoms with van der Waals surface area (Å²) in [7, 11) is 0. The number of nitrogens with zero attached hydrogens (tertiary/aromatic N) is 2. The summed E-state index contributed by atoms with van der Waals surface area (Å²) in [6, 6.07) is 0.110. The van der Waals surface area contributed by atoms with Crippen molar-refractivity contribution in [3.63, 3.8) is 0 Å². The summed E-state index contributed by atoms with van der Waals surface area (Å²) in [6.45, 7) is 1.08. The number of hydrogen-bond donors (Lipinski definition) is 1. The summed E-state index contributed by atoms with van der Waals surface area (Å²) in [4.78, 5) is 29.9. The lowest BCUT2D eigenvalue weighted by Gasteiger charge is -2.38. The predicted molar refractivity (Wildman–Crippen MR) is 63.7 cm³/mol. The minimum atomic E-state index is -1.13. The number of rotatable bonds is 2. The van der Waals surface area contributed by atoms with Crippen molar-refractivity contribution in [1.82, 2.24) is 4.90 Å². The monoisotopic (exact) mass is 268 g/mol. The quantitative estimate of drug-likeness (QED) is 0.761. The standard InChI is InChI=1S/C12H16N2O5/c15-11(10-6-7(12(16)17)13-19-10)14-4-5-18-9-3-1-2-8(9)14/h8-10H,1-6H2,(H,16,17). The molecule has 2 fully saturated rings. The molecular weight excluding hydrogens is 252 g/mol. The number of carboxylic acids is 1. The Labute approximate surface area is 110 Å². The maximum absolute atomic E-state index is 12.4. The van der Waals surface area contributed by atoms with E-state index in [1.807, 2.05) is 0 Å². The van der Waals surface area contributed by atoms with Crippen molar-refractivity contribution in [3.8, 4) is 0 Å². The molecule has 0 aromatic heterocycles. The van der Waals surface area contributed by atoms with Crippen molar-refractivity contribution < 1.29 is 24.3 Å². The summed E-state index contributed by atoms with van der Waals surface area (Å²) in [5.74, 6) is -1.30. The second-order valence-electron chi connectivity index (χ2n) is 5.08. The SMILES string of the molecule is O=C(O)C1=NOC(C(=O)N2CCOC3CCCC32)C1. The van der Waals surface area contributed by atoms with Gasteiger partial charge in [0, 0.05) is 13.0 Å². The Hall–Kier alpha value is -1.63. The Morgan fingerprint density at radius 3 is 2.95 bits per heavy atom. The summed E-state index contributed by atoms with van der Waals surface area (Å²) in [6.07, 6.45) is 2.36. The van der Waals surface area contributed by atoms with Gasteiger partial charge >= 0.3 is 5.97 Å². The normalized spacial score (nSPS) is 33.6. The van der Waals surface area contributed by atoms with E-state index < -0.39 is 12.1 Å². The Kier molecular flexibility index (Phi) is 3.14. The van der Waals surface area contributed by atoms with Gasteiger partial charge in [0.1, 0.15) is 0 Å². The zero-order chi connectivity index (χ0) is 13.4. The first-order valence-corrected chi connectivity index (χ1v) is 6.55. The third-order valence-electron chi connectivity index (χ3n) is 3.96. The van der Waals surface area contributed by atoms with Crippen LogP contribution in [0.4, 0.5) is 0 Å². The molecule has 1 saturated heterocycles. The lowest BCUT2D eigenvalue weighted by Crippen LogP contribution is -2.54. The Balaban J connectivity index is 1.66. The largest absolute Gasteiger partial charge is 0.477 e. The number of carbonyl (C=O) groups excluding carboxylic acids is 1. The van der Waals surface area contributed by atoms with Gasteiger partial charge in [-0.15, -0.1) is 0 Å². The van der Waals surface area contributed by atoms with Gasteiger partial charge in [-0.2, -0.15) is 0 Å². The summed E-state index contributed by atoms with van der Waals surface area (Å²) >= 11 is 0. The van der Waals surface area contributed by atoms with Gasteiger partial charge in [-0.05, 0) is 19.3 Å². The molecule has 7 heteroatoms. The first-order chi connectivity index (χ1) is 9.16. The highest BCUT2D eigenvalue weighted by atomic mass is 16.6. The minimum absolute atomic E-state index is 0.0446. The zero-order valence-electron chi connectivity index (χ0n) is 10.4. The van der Waals surface area contributed by atoms with Crippen LogP contribution in [0.25, 0.3) is 0 Å². The number of carbonyl (C=O) groups is 2. The van der Waals surface area contributed by atoms with Gasteiger partial charge in [0.05, 0.1) is 18.8 Å². The van der Waals surface area contributed by atoms with Crippen molar-refractivity contribution in [1.29, 1.82) is 0 Å². The van der Waals surface area contributed by atoms with Crippen molar-refractivity contribution >= 4 is 17.6 Å². The number of hydrogen-bond acceptors (Lipinski definition) is 5. The van der Waals surface area contributed by atoms with E-state index in [2.05, 4.69) is 5.16 Å². The number of fused-ring (bicyclic) bond motifs is 1. The van der Waals surface area contributed by atoms with Gasteiger partial charge in [0.2, 0.25) is 6.10 Å². The van der Waals surface area contributed by atoms with Crippen LogP contribution in [0, 0.1) is 0 Å². The molecule has 3 aliphatic rings. The van der Waals surface area contributed by atoms with Gasteiger partial charge < -0.3 is 19.6 Å². The molecule has 3 rings (SSSR count). The lowest BCUT2D eigenvalue weighted by molar-refractivity contribution is -0.154. The fourth-order valence-corrected chi connectivity index (χ4v) is 3.02. The van der Waals surface area contributed by atoms with Crippen LogP contribution in [-0.4, -0.2) is 59.0 Å². The number of aliphatic carboxylic acids is 1. The number of morpholine rings is 1. The van der Waals surface area contributed by atoms with E-state index in [9.17, 15) is 9.59 Å². The highest BCUT2D eigenvalue weighted by molar-refractivity contribution is 6.36. The second kappa shape index (κ2) is 4.80. The molecule has 1 amide bonds. The molecule has 7 nitrogen and oxygen atoms in total. The fourth-order valence-electron chi connectivity index (χ4n) is 3.02. The second-order valence-corrected chi connectivity index (χ2v) is 5.08. The van der Waals surface area contributed by atoms with E-state index in [1.54, 1.807) is 4.90 Å². The van der Waals surface area contributed by atoms with E-state index in [0.29, 0.717) is 13.2 Å². The number of oxime groups is 1. The molecule has 2 heterocycles. The highest BCUT2D eigenvalue weighted by Gasteiger charge is 2.42. The maximum atomic E-state index is 12.4. The molecular formula is C12H16N2O5. The third kappa shape index (κ3) is 2.18. The Morgan fingerprint density at radius 2 is 2.21 bits per heavy atom. The number of carboxylic acid groups (broad SMARTS) is 1. The van der Waals surface area contributed by atoms with E-state index in [-0.39, 0.29) is 30.2 Å². The molecule has 0 bridgehead atoms. The number of amides is 1. The average Bonchev–Trinajstić information content (AvgIpc) is 3.06. The van der Waals surface area contributed by atoms with E-state index in [1.165, 1.54) is 0 Å². The van der Waals surface area contributed by atoms with Crippen molar-refractivity contribution in [2.75, 3.05) is 13.2 Å². The minimum Gasteiger partial charge on any atom is -0.477 e. The zero-order valence-corrected chi connectivity index (χ0v) is 10.4. The van der Waals surface area contributed by atoms with Crippen molar-refractivity contribution in [3.05, 3.63) is 0 Å². The molecule has 3 unspecified atom stereocenters. The summed E-state index contributed by atoms with van der Waals surface area (Å²) in [5.41, 5.74) is -0.0884. The van der Waals surface area contributed by atoms with Crippen LogP contribution in [0.1, 0.15) is 25.7 Å². The van der Waals surface area contributed by atoms with Crippen LogP contribution >= 0.6 is 0 Å². The molecule has 1 saturated carbocycles. The van der Waals surface area contributed by atoms with E-state index in [0.717, 1.165) is 19.3 Å². The molecule has 1 N–H and O–H groups in total. The van der Waals surface area contributed by atoms with Crippen molar-refractivity contribution in [2.45, 2.75) is 43.9 Å². The number of ether oxygens (including phenoxy) is 1. The molecule has 0 aromatic rings. The average molecular weight is 268 g/mol. The summed E-state index contributed by atoms with van der Waals surface area (Å²) in [5, 5.41) is 12.3. The Morgan fingerprint density at radius 1 is 1.37 bits per heavy atom. The predicted octanol–water partition coefficient (Wildman–Crippen LogP) is -0.00420. The van der Waals surface area contributed by atoms with Crippen LogP contribution in [0.5, 0.6) is 0 Å². The van der Waals surface area contributed by atoms with Gasteiger partial charge in [0.15, 0.2) is 5.71 Å². The third-order valence-corrected chi connectivity index (χ3v) is 3.96. The van der Waals surface area contributed by atoms with Gasteiger partial charge in [-0.1, -0.05) is 5.16 Å². The molecule has 0 aromatic carbocycles. The van der Waals surface area contributed by atoms with Crippen LogP contribution < -0.4 is 0 Å². The first kappa shape index (κ1) is 12.4. The maximum Gasteiger partial charge on any atom is 0.353 e. The van der Waals surface area contributed by atoms with Gasteiger partial charge in [0.25, 0.3) is 5.91 Å². The molecule has 104 valence electrons. The van der Waals surface area contributed by atoms with E-state index >= 15 is 0 Å². The van der Waals surface area contributed by atoms with Gasteiger partial charge in [-0.25, -0.2) is 4.79 Å². The van der Waals surface area contributed by atoms with Crippen molar-refractivity contribution in [2.24, 2.45) is 5.16 Å². The smallest absolute Gasteiger partial charge is 0.353 e. The van der Waals surface area contributed by atoms with Crippen LogP contribution in [0.15, 0.2) is 5.16 Å². The molecule has 2 aliphatic heterocycles. The fraction of sp³-hybridized carbons (Fsp3) is 0.750. The molecule has 0 spiro atoms. The van der Waals surface area contributed by atoms with Crippen LogP contribution in [-0.2, 0) is 19.2 Å². The van der Waals surface area contributed by atoms with Crippen LogP contribution in [0.2, 0.25) is 0 Å². The highest BCUT2D eigenvalue weighted by Crippen LogP contribution is 2.30. The topological polar surface area (TPSA) is 88.4 Å².